The molecule has 3 rings (SSSR count). The molecule has 1 N–H and O–H groups in total. The SMILES string of the molecule is CCCN1C(=O)[C@H](CC(=O)Nc2ccc(F)cc2)SC1=Nc1ccc(CC)cc1. The van der Waals surface area contributed by atoms with Crippen molar-refractivity contribution < 1.29 is 14.0 Å². The summed E-state index contributed by atoms with van der Waals surface area (Å²) in [5.74, 6) is -0.755. The zero-order valence-electron chi connectivity index (χ0n) is 16.5. The molecule has 1 aliphatic heterocycles. The molecule has 2 aromatic carbocycles. The van der Waals surface area contributed by atoms with E-state index in [9.17, 15) is 14.0 Å². The highest BCUT2D eigenvalue weighted by molar-refractivity contribution is 8.15. The normalized spacial score (nSPS) is 17.8. The number of nitrogens with one attached hydrogen (secondary N) is 1. The summed E-state index contributed by atoms with van der Waals surface area (Å²) < 4.78 is 13.0. The van der Waals surface area contributed by atoms with E-state index in [0.717, 1.165) is 18.5 Å². The van der Waals surface area contributed by atoms with Crippen molar-refractivity contribution in [2.75, 3.05) is 11.9 Å². The Kier molecular flexibility index (Phi) is 7.04. The summed E-state index contributed by atoms with van der Waals surface area (Å²) in [5, 5.41) is 2.82. The van der Waals surface area contributed by atoms with Crippen molar-refractivity contribution in [3.8, 4) is 0 Å². The van der Waals surface area contributed by atoms with Gasteiger partial charge in [-0.25, -0.2) is 9.38 Å². The third kappa shape index (κ3) is 5.44. The van der Waals surface area contributed by atoms with Crippen LogP contribution in [0.2, 0.25) is 0 Å². The van der Waals surface area contributed by atoms with Crippen LogP contribution >= 0.6 is 11.8 Å². The van der Waals surface area contributed by atoms with Gasteiger partial charge >= 0.3 is 0 Å². The maximum Gasteiger partial charge on any atom is 0.242 e. The van der Waals surface area contributed by atoms with Crippen LogP contribution in [-0.4, -0.2) is 33.7 Å². The van der Waals surface area contributed by atoms with Gasteiger partial charge in [0.2, 0.25) is 11.8 Å². The second kappa shape index (κ2) is 9.69. The van der Waals surface area contributed by atoms with Gasteiger partial charge in [0, 0.05) is 18.7 Å². The number of aliphatic imine (C=N–C) groups is 1. The van der Waals surface area contributed by atoms with Gasteiger partial charge < -0.3 is 5.32 Å². The van der Waals surface area contributed by atoms with Crippen molar-refractivity contribution in [1.82, 2.24) is 4.90 Å². The Balaban J connectivity index is 1.71. The fraction of sp³-hybridized carbons (Fsp3) is 0.318. The summed E-state index contributed by atoms with van der Waals surface area (Å²) in [7, 11) is 0. The molecule has 7 heteroatoms. The van der Waals surface area contributed by atoms with Crippen LogP contribution in [0.1, 0.15) is 32.3 Å². The first-order valence-electron chi connectivity index (χ1n) is 9.71. The van der Waals surface area contributed by atoms with Crippen molar-refractivity contribution in [3.05, 3.63) is 59.9 Å². The average Bonchev–Trinajstić information content (AvgIpc) is 2.99. The zero-order chi connectivity index (χ0) is 20.8. The largest absolute Gasteiger partial charge is 0.326 e. The molecule has 152 valence electrons. The minimum Gasteiger partial charge on any atom is -0.326 e. The Labute approximate surface area is 174 Å². The first-order chi connectivity index (χ1) is 14.0. The molecule has 1 fully saturated rings. The van der Waals surface area contributed by atoms with Crippen LogP contribution in [0.4, 0.5) is 15.8 Å². The van der Waals surface area contributed by atoms with E-state index >= 15 is 0 Å². The van der Waals surface area contributed by atoms with E-state index in [1.165, 1.54) is 41.6 Å². The number of hydrogen-bond acceptors (Lipinski definition) is 4. The van der Waals surface area contributed by atoms with E-state index in [0.29, 0.717) is 17.4 Å². The minimum atomic E-state index is -0.518. The standard InChI is InChI=1S/C22H24FN3O2S/c1-3-13-26-21(28)19(14-20(27)24-17-11-7-16(23)8-12-17)29-22(26)25-18-9-5-15(4-2)6-10-18/h5-12,19H,3-4,13-14H2,1-2H3,(H,24,27)/t19-/m0/s1. The number of anilines is 1. The first kappa shape index (κ1) is 21.0. The predicted molar refractivity (Wildman–Crippen MR) is 116 cm³/mol. The predicted octanol–water partition coefficient (Wildman–Crippen LogP) is 4.76. The summed E-state index contributed by atoms with van der Waals surface area (Å²) in [6, 6.07) is 13.5. The van der Waals surface area contributed by atoms with E-state index < -0.39 is 5.25 Å². The molecule has 1 heterocycles. The molecule has 0 bridgehead atoms. The second-order valence-electron chi connectivity index (χ2n) is 6.77. The Morgan fingerprint density at radius 3 is 2.45 bits per heavy atom. The van der Waals surface area contributed by atoms with E-state index in [2.05, 4.69) is 17.2 Å². The number of carbonyl (C=O) groups excluding carboxylic acids is 2. The number of thioether (sulfide) groups is 1. The average molecular weight is 414 g/mol. The van der Waals surface area contributed by atoms with Crippen molar-refractivity contribution in [2.24, 2.45) is 4.99 Å². The number of halogens is 1. The highest BCUT2D eigenvalue weighted by Crippen LogP contribution is 2.32. The Morgan fingerprint density at radius 1 is 1.14 bits per heavy atom. The molecular formula is C22H24FN3O2S. The molecule has 0 saturated carbocycles. The summed E-state index contributed by atoms with van der Waals surface area (Å²) in [5.41, 5.74) is 2.52. The van der Waals surface area contributed by atoms with Gasteiger partial charge in [-0.2, -0.15) is 0 Å². The number of rotatable bonds is 7. The molecule has 0 aromatic heterocycles. The van der Waals surface area contributed by atoms with Crippen LogP contribution in [0.25, 0.3) is 0 Å². The number of amides is 2. The number of aryl methyl sites for hydroxylation is 1. The van der Waals surface area contributed by atoms with Crippen molar-refractivity contribution >= 4 is 40.1 Å². The first-order valence-corrected chi connectivity index (χ1v) is 10.6. The van der Waals surface area contributed by atoms with E-state index in [1.54, 1.807) is 4.90 Å². The van der Waals surface area contributed by atoms with Gasteiger partial charge in [0.1, 0.15) is 11.1 Å². The Hall–Kier alpha value is -2.67. The van der Waals surface area contributed by atoms with Crippen molar-refractivity contribution in [1.29, 1.82) is 0 Å². The lowest BCUT2D eigenvalue weighted by Gasteiger charge is -2.15. The van der Waals surface area contributed by atoms with Gasteiger partial charge in [0.05, 0.1) is 5.69 Å². The molecule has 0 spiro atoms. The smallest absolute Gasteiger partial charge is 0.242 e. The monoisotopic (exact) mass is 413 g/mol. The summed E-state index contributed by atoms with van der Waals surface area (Å²) in [6.07, 6.45) is 1.79. The fourth-order valence-corrected chi connectivity index (χ4v) is 4.17. The second-order valence-corrected chi connectivity index (χ2v) is 7.94. The van der Waals surface area contributed by atoms with E-state index in [1.807, 2.05) is 31.2 Å². The van der Waals surface area contributed by atoms with Gasteiger partial charge in [-0.05, 0) is 54.8 Å². The Morgan fingerprint density at radius 2 is 1.83 bits per heavy atom. The van der Waals surface area contributed by atoms with Crippen LogP contribution in [0.5, 0.6) is 0 Å². The van der Waals surface area contributed by atoms with Gasteiger partial charge in [-0.3, -0.25) is 14.5 Å². The Bertz CT molecular complexity index is 897. The van der Waals surface area contributed by atoms with Crippen LogP contribution in [0, 0.1) is 5.82 Å². The molecule has 2 amide bonds. The molecule has 5 nitrogen and oxygen atoms in total. The number of carbonyl (C=O) groups is 2. The van der Waals surface area contributed by atoms with E-state index in [-0.39, 0.29) is 24.1 Å². The lowest BCUT2D eigenvalue weighted by molar-refractivity contribution is -0.128. The zero-order valence-corrected chi connectivity index (χ0v) is 17.3. The molecule has 1 saturated heterocycles. The minimum absolute atomic E-state index is 0.0366. The number of benzene rings is 2. The summed E-state index contributed by atoms with van der Waals surface area (Å²) >= 11 is 1.32. The third-order valence-electron chi connectivity index (χ3n) is 4.54. The van der Waals surface area contributed by atoms with Gasteiger partial charge in [-0.15, -0.1) is 0 Å². The van der Waals surface area contributed by atoms with Gasteiger partial charge in [-0.1, -0.05) is 37.7 Å². The topological polar surface area (TPSA) is 61.8 Å². The van der Waals surface area contributed by atoms with E-state index in [4.69, 9.17) is 0 Å². The molecule has 1 atom stereocenters. The quantitative estimate of drug-likeness (QED) is 0.712. The molecule has 29 heavy (non-hydrogen) atoms. The third-order valence-corrected chi connectivity index (χ3v) is 5.71. The summed E-state index contributed by atoms with van der Waals surface area (Å²) in [6.45, 7) is 4.66. The maximum absolute atomic E-state index is 13.0. The number of nitrogens with zero attached hydrogens (tertiary/aromatic N) is 2. The fourth-order valence-electron chi connectivity index (χ4n) is 2.98. The number of hydrogen-bond donors (Lipinski definition) is 1. The van der Waals surface area contributed by atoms with Crippen molar-refractivity contribution in [2.45, 2.75) is 38.4 Å². The molecular weight excluding hydrogens is 389 g/mol. The highest BCUT2D eigenvalue weighted by atomic mass is 32.2. The van der Waals surface area contributed by atoms with Crippen molar-refractivity contribution in [3.63, 3.8) is 0 Å². The van der Waals surface area contributed by atoms with Crippen LogP contribution in [-0.2, 0) is 16.0 Å². The highest BCUT2D eigenvalue weighted by Gasteiger charge is 2.38. The van der Waals surface area contributed by atoms with Crippen LogP contribution < -0.4 is 5.32 Å². The number of amidine groups is 1. The maximum atomic E-state index is 13.0. The summed E-state index contributed by atoms with van der Waals surface area (Å²) in [4.78, 5) is 31.5. The molecule has 0 aliphatic carbocycles. The van der Waals surface area contributed by atoms with Gasteiger partial charge in [0.15, 0.2) is 5.17 Å². The molecule has 2 aromatic rings. The lowest BCUT2D eigenvalue weighted by Crippen LogP contribution is -2.34. The molecule has 1 aliphatic rings. The van der Waals surface area contributed by atoms with Gasteiger partial charge in [0.25, 0.3) is 0 Å². The lowest BCUT2D eigenvalue weighted by atomic mass is 10.2. The molecule has 0 radical (unpaired) electrons. The van der Waals surface area contributed by atoms with Crippen LogP contribution in [0.15, 0.2) is 53.5 Å². The van der Waals surface area contributed by atoms with Crippen LogP contribution in [0.3, 0.4) is 0 Å². The molecule has 0 unspecified atom stereocenters.